The molecule has 2 nitrogen and oxygen atoms in total. The lowest BCUT2D eigenvalue weighted by Gasteiger charge is -2.37. The maximum Gasteiger partial charge on any atom is 0.0608 e. The Balaban J connectivity index is 4.90. The molecule has 0 aliphatic carbocycles. The third kappa shape index (κ3) is 6.00. The van der Waals surface area contributed by atoms with E-state index in [1.807, 2.05) is 13.8 Å². The van der Waals surface area contributed by atoms with Crippen molar-refractivity contribution >= 4 is 25.3 Å². The molecule has 18 heavy (non-hydrogen) atoms. The van der Waals surface area contributed by atoms with Gasteiger partial charge in [0.1, 0.15) is 0 Å². The summed E-state index contributed by atoms with van der Waals surface area (Å²) in [7, 11) is 0. The summed E-state index contributed by atoms with van der Waals surface area (Å²) in [6, 6.07) is 0.179. The van der Waals surface area contributed by atoms with E-state index in [0.717, 1.165) is 12.0 Å². The van der Waals surface area contributed by atoms with Crippen LogP contribution in [-0.2, 0) is 0 Å². The van der Waals surface area contributed by atoms with Crippen LogP contribution in [0.2, 0.25) is 0 Å². The Morgan fingerprint density at radius 1 is 1.33 bits per heavy atom. The van der Waals surface area contributed by atoms with Gasteiger partial charge in [0, 0.05) is 17.0 Å². The van der Waals surface area contributed by atoms with Gasteiger partial charge in [-0.1, -0.05) is 32.9 Å². The first-order valence-electron chi connectivity index (χ1n) is 6.67. The zero-order valence-electron chi connectivity index (χ0n) is 12.4. The second-order valence-electron chi connectivity index (χ2n) is 5.85. The van der Waals surface area contributed by atoms with E-state index in [2.05, 4.69) is 57.9 Å². The molecule has 4 heteroatoms. The van der Waals surface area contributed by atoms with Crippen molar-refractivity contribution in [3.63, 3.8) is 0 Å². The van der Waals surface area contributed by atoms with Gasteiger partial charge in [-0.15, -0.1) is 0 Å². The molecule has 0 radical (unpaired) electrons. The summed E-state index contributed by atoms with van der Waals surface area (Å²) in [6.07, 6.45) is 1.07. The molecule has 0 aromatic rings. The minimum Gasteiger partial charge on any atom is -0.314 e. The summed E-state index contributed by atoms with van der Waals surface area (Å²) >= 11 is 9.00. The van der Waals surface area contributed by atoms with Gasteiger partial charge >= 0.3 is 0 Å². The minimum absolute atomic E-state index is 0.179. The maximum absolute atomic E-state index is 6.08. The van der Waals surface area contributed by atoms with Gasteiger partial charge in [0.15, 0.2) is 0 Å². The molecule has 0 aromatic carbocycles. The maximum atomic E-state index is 6.08. The molecule has 3 N–H and O–H groups in total. The molecule has 0 rings (SSSR count). The number of nitrogens with two attached hydrogens (primary N) is 1. The molecule has 0 aromatic heterocycles. The second kappa shape index (κ2) is 7.83. The van der Waals surface area contributed by atoms with Crippen LogP contribution in [0, 0.1) is 11.8 Å². The number of thiol groups is 2. The molecular weight excluding hydrogens is 260 g/mol. The molecule has 4 atom stereocenters. The van der Waals surface area contributed by atoms with E-state index in [9.17, 15) is 0 Å². The number of hydrogen-bond acceptors (Lipinski definition) is 4. The highest BCUT2D eigenvalue weighted by Crippen LogP contribution is 2.28. The molecule has 0 fully saturated rings. The van der Waals surface area contributed by atoms with Gasteiger partial charge in [-0.05, 0) is 32.1 Å². The van der Waals surface area contributed by atoms with E-state index < -0.39 is 5.66 Å². The van der Waals surface area contributed by atoms with Crippen LogP contribution in [0.5, 0.6) is 0 Å². The zero-order chi connectivity index (χ0) is 14.5. The lowest BCUT2D eigenvalue weighted by atomic mass is 9.82. The molecule has 0 aliphatic rings. The number of rotatable bonds is 8. The SMILES string of the molecule is C=C(CS)C(NC(C)(C)N)[C@@H](C)[C@H](C)C(S)CC. The Morgan fingerprint density at radius 2 is 1.83 bits per heavy atom. The molecule has 0 saturated heterocycles. The van der Waals surface area contributed by atoms with Crippen molar-refractivity contribution < 1.29 is 0 Å². The van der Waals surface area contributed by atoms with Crippen LogP contribution in [0.15, 0.2) is 12.2 Å². The number of hydrogen-bond donors (Lipinski definition) is 4. The molecule has 108 valence electrons. The average molecular weight is 291 g/mol. The summed E-state index contributed by atoms with van der Waals surface area (Å²) in [5, 5.41) is 3.86. The van der Waals surface area contributed by atoms with E-state index in [-0.39, 0.29) is 6.04 Å². The van der Waals surface area contributed by atoms with Crippen molar-refractivity contribution in [3.05, 3.63) is 12.2 Å². The fourth-order valence-corrected chi connectivity index (χ4v) is 2.60. The van der Waals surface area contributed by atoms with Crippen LogP contribution >= 0.6 is 25.3 Å². The normalized spacial score (nSPS) is 19.1. The van der Waals surface area contributed by atoms with Crippen molar-refractivity contribution in [2.75, 3.05) is 5.75 Å². The van der Waals surface area contributed by atoms with Gasteiger partial charge in [-0.2, -0.15) is 25.3 Å². The summed E-state index contributed by atoms with van der Waals surface area (Å²) in [4.78, 5) is 0. The van der Waals surface area contributed by atoms with Gasteiger partial charge in [0.25, 0.3) is 0 Å². The van der Waals surface area contributed by atoms with Gasteiger partial charge in [0.05, 0.1) is 5.66 Å². The fourth-order valence-electron chi connectivity index (χ4n) is 2.13. The molecule has 0 heterocycles. The quantitative estimate of drug-likeness (QED) is 0.315. The molecule has 0 bridgehead atoms. The van der Waals surface area contributed by atoms with Crippen LogP contribution in [-0.4, -0.2) is 22.7 Å². The highest BCUT2D eigenvalue weighted by Gasteiger charge is 2.30. The monoisotopic (exact) mass is 290 g/mol. The van der Waals surface area contributed by atoms with Crippen molar-refractivity contribution in [2.45, 2.75) is 58.0 Å². The molecule has 0 amide bonds. The summed E-state index contributed by atoms with van der Waals surface area (Å²) in [5.74, 6) is 1.60. The Bertz CT molecular complexity index is 261. The minimum atomic E-state index is -0.414. The largest absolute Gasteiger partial charge is 0.314 e. The van der Waals surface area contributed by atoms with Gasteiger partial charge in [-0.25, -0.2) is 0 Å². The summed E-state index contributed by atoms with van der Waals surface area (Å²) in [5.41, 5.74) is 6.76. The van der Waals surface area contributed by atoms with Gasteiger partial charge < -0.3 is 5.73 Å². The zero-order valence-corrected chi connectivity index (χ0v) is 14.2. The van der Waals surface area contributed by atoms with Crippen LogP contribution in [0.25, 0.3) is 0 Å². The number of nitrogens with one attached hydrogen (secondary N) is 1. The van der Waals surface area contributed by atoms with Gasteiger partial charge in [-0.3, -0.25) is 5.32 Å². The third-order valence-electron chi connectivity index (χ3n) is 3.55. The van der Waals surface area contributed by atoms with Crippen molar-refractivity contribution in [1.82, 2.24) is 5.32 Å². The van der Waals surface area contributed by atoms with E-state index >= 15 is 0 Å². The smallest absolute Gasteiger partial charge is 0.0608 e. The predicted molar refractivity (Wildman–Crippen MR) is 89.6 cm³/mol. The summed E-state index contributed by atoms with van der Waals surface area (Å²) in [6.45, 7) is 14.7. The first kappa shape index (κ1) is 18.4. The molecule has 0 saturated carbocycles. The topological polar surface area (TPSA) is 38.0 Å². The van der Waals surface area contributed by atoms with Gasteiger partial charge in [0.2, 0.25) is 0 Å². The van der Waals surface area contributed by atoms with Crippen molar-refractivity contribution in [3.8, 4) is 0 Å². The predicted octanol–water partition coefficient (Wildman–Crippen LogP) is 3.11. The van der Waals surface area contributed by atoms with E-state index in [4.69, 9.17) is 5.73 Å². The Hall–Kier alpha value is 0.360. The van der Waals surface area contributed by atoms with Crippen LogP contribution in [0.1, 0.15) is 41.0 Å². The Kier molecular flexibility index (Phi) is 7.99. The highest BCUT2D eigenvalue weighted by molar-refractivity contribution is 7.81. The lowest BCUT2D eigenvalue weighted by molar-refractivity contribution is 0.251. The summed E-state index contributed by atoms with van der Waals surface area (Å²) < 4.78 is 0. The van der Waals surface area contributed by atoms with Crippen molar-refractivity contribution in [1.29, 1.82) is 0 Å². The molecule has 2 unspecified atom stereocenters. The van der Waals surface area contributed by atoms with Crippen LogP contribution in [0.4, 0.5) is 0 Å². The lowest BCUT2D eigenvalue weighted by Crippen LogP contribution is -2.56. The molecule has 0 aliphatic heterocycles. The van der Waals surface area contributed by atoms with Crippen LogP contribution in [0.3, 0.4) is 0 Å². The molecular formula is C14H30N2S2. The van der Waals surface area contributed by atoms with E-state index in [0.29, 0.717) is 22.8 Å². The first-order chi connectivity index (χ1) is 8.14. The Morgan fingerprint density at radius 3 is 2.17 bits per heavy atom. The van der Waals surface area contributed by atoms with E-state index in [1.54, 1.807) is 0 Å². The first-order valence-corrected chi connectivity index (χ1v) is 7.82. The second-order valence-corrected chi connectivity index (χ2v) is 6.83. The average Bonchev–Trinajstić information content (AvgIpc) is 2.30. The molecule has 0 spiro atoms. The fraction of sp³-hybridized carbons (Fsp3) is 0.857. The Labute approximate surface area is 124 Å². The van der Waals surface area contributed by atoms with E-state index in [1.165, 1.54) is 0 Å². The third-order valence-corrected chi connectivity index (χ3v) is 4.79. The van der Waals surface area contributed by atoms with Crippen molar-refractivity contribution in [2.24, 2.45) is 17.6 Å². The standard InChI is InChI=1S/C14H30N2S2/c1-7-12(18)10(3)11(4)13(9(2)8-17)16-14(5,6)15/h10-13,16-18H,2,7-8,15H2,1,3-6H3/t10-,11-,12?,13?/m0/s1. The van der Waals surface area contributed by atoms with Crippen LogP contribution < -0.4 is 11.1 Å². The highest BCUT2D eigenvalue weighted by atomic mass is 32.1.